The zero-order valence-corrected chi connectivity index (χ0v) is 12.9. The number of rotatable bonds is 9. The molecule has 2 rings (SSSR count). The van der Waals surface area contributed by atoms with Crippen LogP contribution in [0.1, 0.15) is 17.8 Å². The first-order valence-electron chi connectivity index (χ1n) is 7.60. The van der Waals surface area contributed by atoms with Crippen LogP contribution in [0, 0.1) is 0 Å². The summed E-state index contributed by atoms with van der Waals surface area (Å²) in [6.07, 6.45) is 5.63. The summed E-state index contributed by atoms with van der Waals surface area (Å²) in [5.74, 6) is 0.787. The van der Waals surface area contributed by atoms with Gasteiger partial charge in [0.05, 0.1) is 19.8 Å². The number of nitrogens with zero attached hydrogens (tertiary/aromatic N) is 2. The van der Waals surface area contributed by atoms with E-state index < -0.39 is 6.03 Å². The van der Waals surface area contributed by atoms with Crippen molar-refractivity contribution in [3.8, 4) is 0 Å². The van der Waals surface area contributed by atoms with Gasteiger partial charge in [0, 0.05) is 18.9 Å². The third-order valence-electron chi connectivity index (χ3n) is 3.27. The van der Waals surface area contributed by atoms with E-state index in [0.29, 0.717) is 6.54 Å². The Morgan fingerprint density at radius 1 is 1.30 bits per heavy atom. The molecule has 0 aliphatic carbocycles. The highest BCUT2D eigenvalue weighted by Crippen LogP contribution is 2.05. The number of aliphatic hydroxyl groups excluding tert-OH is 1. The van der Waals surface area contributed by atoms with Crippen LogP contribution in [0.3, 0.4) is 0 Å². The van der Waals surface area contributed by atoms with Gasteiger partial charge in [0.15, 0.2) is 0 Å². The summed E-state index contributed by atoms with van der Waals surface area (Å²) in [4.78, 5) is 20.4. The number of imidazole rings is 1. The Bertz CT molecular complexity index is 586. The van der Waals surface area contributed by atoms with Gasteiger partial charge in [0.25, 0.3) is 0 Å². The van der Waals surface area contributed by atoms with Crippen molar-refractivity contribution in [2.24, 2.45) is 0 Å². The zero-order valence-electron chi connectivity index (χ0n) is 12.9. The van der Waals surface area contributed by atoms with Crippen molar-refractivity contribution in [1.29, 1.82) is 0 Å². The van der Waals surface area contributed by atoms with E-state index >= 15 is 0 Å². The van der Waals surface area contributed by atoms with Crippen molar-refractivity contribution < 1.29 is 14.7 Å². The van der Waals surface area contributed by atoms with E-state index in [4.69, 9.17) is 9.94 Å². The van der Waals surface area contributed by atoms with Crippen molar-refractivity contribution >= 4 is 6.03 Å². The average molecular weight is 318 g/mol. The molecular weight excluding hydrogens is 296 g/mol. The number of aryl methyl sites for hydroxylation is 2. The summed E-state index contributed by atoms with van der Waals surface area (Å²) in [5.41, 5.74) is 3.50. The third-order valence-corrected chi connectivity index (χ3v) is 3.27. The summed E-state index contributed by atoms with van der Waals surface area (Å²) in [7, 11) is 0. The summed E-state index contributed by atoms with van der Waals surface area (Å²) in [6, 6.07) is 9.87. The second-order valence-electron chi connectivity index (χ2n) is 4.98. The van der Waals surface area contributed by atoms with Crippen molar-refractivity contribution in [2.75, 3.05) is 13.2 Å². The topological polar surface area (TPSA) is 88.4 Å². The van der Waals surface area contributed by atoms with Crippen molar-refractivity contribution in [2.45, 2.75) is 25.9 Å². The molecule has 0 radical (unpaired) electrons. The minimum absolute atomic E-state index is 0.0571. The lowest BCUT2D eigenvalue weighted by Crippen LogP contribution is -2.36. The highest BCUT2D eigenvalue weighted by atomic mass is 16.7. The van der Waals surface area contributed by atoms with Gasteiger partial charge in [-0.25, -0.2) is 15.3 Å². The van der Waals surface area contributed by atoms with Gasteiger partial charge in [0.1, 0.15) is 5.82 Å². The maximum Gasteiger partial charge on any atom is 0.339 e. The number of carbonyl (C=O) groups is 1. The van der Waals surface area contributed by atoms with E-state index in [-0.39, 0.29) is 13.2 Å². The van der Waals surface area contributed by atoms with Crippen LogP contribution >= 0.6 is 0 Å². The van der Waals surface area contributed by atoms with E-state index in [0.717, 1.165) is 25.2 Å². The normalized spacial score (nSPS) is 10.5. The van der Waals surface area contributed by atoms with E-state index in [1.165, 1.54) is 5.56 Å². The monoisotopic (exact) mass is 318 g/mol. The molecule has 23 heavy (non-hydrogen) atoms. The van der Waals surface area contributed by atoms with Gasteiger partial charge in [-0.15, -0.1) is 0 Å². The average Bonchev–Trinajstić information content (AvgIpc) is 3.02. The second kappa shape index (κ2) is 9.60. The molecule has 2 amide bonds. The Kier molecular flexibility index (Phi) is 7.09. The number of amides is 2. The summed E-state index contributed by atoms with van der Waals surface area (Å²) < 4.78 is 2.03. The molecule has 0 saturated carbocycles. The lowest BCUT2D eigenvalue weighted by atomic mass is 10.1. The number of hydrogen-bond acceptors (Lipinski definition) is 4. The number of nitrogens with one attached hydrogen (secondary N) is 2. The van der Waals surface area contributed by atoms with E-state index in [2.05, 4.69) is 27.9 Å². The van der Waals surface area contributed by atoms with E-state index in [1.807, 2.05) is 29.0 Å². The molecule has 0 spiro atoms. The van der Waals surface area contributed by atoms with Gasteiger partial charge >= 0.3 is 6.03 Å². The molecule has 3 N–H and O–H groups in total. The molecule has 2 aromatic rings. The first-order chi connectivity index (χ1) is 11.3. The molecule has 1 aromatic carbocycles. The molecule has 0 fully saturated rings. The van der Waals surface area contributed by atoms with Crippen LogP contribution in [-0.4, -0.2) is 33.9 Å². The summed E-state index contributed by atoms with van der Waals surface area (Å²) in [5, 5.41) is 11.2. The van der Waals surface area contributed by atoms with Crippen LogP contribution in [0.4, 0.5) is 4.79 Å². The number of hydroxylamine groups is 1. The molecule has 0 saturated heterocycles. The second-order valence-corrected chi connectivity index (χ2v) is 4.98. The highest BCUT2D eigenvalue weighted by Gasteiger charge is 2.05. The summed E-state index contributed by atoms with van der Waals surface area (Å²) in [6.45, 7) is 1.06. The largest absolute Gasteiger partial charge is 0.394 e. The predicted molar refractivity (Wildman–Crippen MR) is 85.4 cm³/mol. The molecule has 1 heterocycles. The van der Waals surface area contributed by atoms with Gasteiger partial charge in [-0.2, -0.15) is 0 Å². The predicted octanol–water partition coefficient (Wildman–Crippen LogP) is 1.24. The smallest absolute Gasteiger partial charge is 0.339 e. The first kappa shape index (κ1) is 17.0. The van der Waals surface area contributed by atoms with Crippen molar-refractivity contribution in [3.05, 3.63) is 54.1 Å². The fraction of sp³-hybridized carbons (Fsp3) is 0.375. The Balaban J connectivity index is 1.72. The van der Waals surface area contributed by atoms with Crippen molar-refractivity contribution in [1.82, 2.24) is 20.3 Å². The lowest BCUT2D eigenvalue weighted by Gasteiger charge is -2.10. The number of aromatic nitrogens is 2. The van der Waals surface area contributed by atoms with E-state index in [1.54, 1.807) is 6.20 Å². The Morgan fingerprint density at radius 3 is 2.91 bits per heavy atom. The molecule has 0 aliphatic rings. The molecule has 0 bridgehead atoms. The van der Waals surface area contributed by atoms with Crippen LogP contribution in [0.15, 0.2) is 42.7 Å². The quantitative estimate of drug-likeness (QED) is 0.479. The van der Waals surface area contributed by atoms with Gasteiger partial charge in [-0.1, -0.05) is 30.3 Å². The first-order valence-corrected chi connectivity index (χ1v) is 7.60. The van der Waals surface area contributed by atoms with Crippen LogP contribution in [0.25, 0.3) is 0 Å². The van der Waals surface area contributed by atoms with Crippen LogP contribution in [-0.2, 0) is 24.3 Å². The standard InChI is InChI=1S/C16H22N4O3/c21-11-12-23-19-16(22)18-13-15-17-8-10-20(15)9-4-7-14-5-2-1-3-6-14/h1-3,5-6,8,10,21H,4,7,9,11-13H2,(H2,18,19,22). The molecule has 124 valence electrons. The van der Waals surface area contributed by atoms with Crippen LogP contribution in [0.5, 0.6) is 0 Å². The van der Waals surface area contributed by atoms with E-state index in [9.17, 15) is 4.79 Å². The molecule has 0 atom stereocenters. The Hall–Kier alpha value is -2.38. The molecular formula is C16H22N4O3. The number of benzene rings is 1. The molecule has 0 unspecified atom stereocenters. The highest BCUT2D eigenvalue weighted by molar-refractivity contribution is 5.72. The van der Waals surface area contributed by atoms with Gasteiger partial charge in [0.2, 0.25) is 0 Å². The number of hydrogen-bond donors (Lipinski definition) is 3. The maximum absolute atomic E-state index is 11.5. The Morgan fingerprint density at radius 2 is 2.13 bits per heavy atom. The minimum atomic E-state index is -0.461. The van der Waals surface area contributed by atoms with Gasteiger partial charge in [-0.3, -0.25) is 4.84 Å². The zero-order chi connectivity index (χ0) is 16.3. The molecule has 7 heteroatoms. The van der Waals surface area contributed by atoms with Crippen molar-refractivity contribution in [3.63, 3.8) is 0 Å². The fourth-order valence-electron chi connectivity index (χ4n) is 2.17. The number of aliphatic hydroxyl groups is 1. The Labute approximate surface area is 135 Å². The summed E-state index contributed by atoms with van der Waals surface area (Å²) >= 11 is 0. The maximum atomic E-state index is 11.5. The third kappa shape index (κ3) is 6.09. The molecule has 7 nitrogen and oxygen atoms in total. The minimum Gasteiger partial charge on any atom is -0.394 e. The SMILES string of the molecule is O=C(NCc1nccn1CCCc1ccccc1)NOCCO. The number of urea groups is 1. The van der Waals surface area contributed by atoms with Crippen LogP contribution in [0.2, 0.25) is 0 Å². The number of carbonyl (C=O) groups excluding carboxylic acids is 1. The van der Waals surface area contributed by atoms with Gasteiger partial charge in [-0.05, 0) is 18.4 Å². The fourth-order valence-corrected chi connectivity index (χ4v) is 2.17. The van der Waals surface area contributed by atoms with Gasteiger partial charge < -0.3 is 15.0 Å². The van der Waals surface area contributed by atoms with Crippen LogP contribution < -0.4 is 10.8 Å². The lowest BCUT2D eigenvalue weighted by molar-refractivity contribution is 0.0363. The molecule has 1 aromatic heterocycles. The molecule has 0 aliphatic heterocycles.